The molecule has 10 unspecified atom stereocenters. The third-order valence-electron chi connectivity index (χ3n) is 8.08. The van der Waals surface area contributed by atoms with Crippen molar-refractivity contribution in [3.63, 3.8) is 0 Å². The molecule has 0 amide bonds. The predicted octanol–water partition coefficient (Wildman–Crippen LogP) is 4.68. The van der Waals surface area contributed by atoms with E-state index in [1.54, 1.807) is 13.2 Å². The van der Waals surface area contributed by atoms with E-state index in [2.05, 4.69) is 13.0 Å². The summed E-state index contributed by atoms with van der Waals surface area (Å²) in [5.74, 6) is -0.708. The van der Waals surface area contributed by atoms with Gasteiger partial charge in [0.25, 0.3) is 0 Å². The molecular weight excluding hydrogens is 500 g/mol. The van der Waals surface area contributed by atoms with E-state index in [4.69, 9.17) is 18.9 Å². The molecule has 0 bridgehead atoms. The molecule has 0 aliphatic carbocycles. The Morgan fingerprint density at radius 3 is 2.59 bits per heavy atom. The molecule has 39 heavy (non-hydrogen) atoms. The fraction of sp³-hybridized carbons (Fsp3) is 0.742. The summed E-state index contributed by atoms with van der Waals surface area (Å²) in [5, 5.41) is 20.6. The number of rotatable bonds is 10. The van der Waals surface area contributed by atoms with Crippen molar-refractivity contribution in [2.24, 2.45) is 17.8 Å². The van der Waals surface area contributed by atoms with Crippen LogP contribution >= 0.6 is 0 Å². The highest BCUT2D eigenvalue weighted by Crippen LogP contribution is 2.36. The Morgan fingerprint density at radius 1 is 1.28 bits per heavy atom. The van der Waals surface area contributed by atoms with Gasteiger partial charge in [-0.1, -0.05) is 52.0 Å². The number of esters is 2. The van der Waals surface area contributed by atoms with E-state index in [1.165, 1.54) is 6.92 Å². The van der Waals surface area contributed by atoms with Crippen molar-refractivity contribution in [1.29, 1.82) is 0 Å². The molecule has 2 heterocycles. The summed E-state index contributed by atoms with van der Waals surface area (Å²) in [7, 11) is 1.55. The summed E-state index contributed by atoms with van der Waals surface area (Å²) in [4.78, 5) is 24.5. The van der Waals surface area contributed by atoms with Crippen LogP contribution < -0.4 is 0 Å². The molecule has 2 aliphatic rings. The van der Waals surface area contributed by atoms with E-state index >= 15 is 0 Å². The summed E-state index contributed by atoms with van der Waals surface area (Å²) >= 11 is 0. The summed E-state index contributed by atoms with van der Waals surface area (Å²) in [6, 6.07) is 0. The Balaban J connectivity index is 2.16. The van der Waals surface area contributed by atoms with Gasteiger partial charge in [-0.15, -0.1) is 0 Å². The largest absolute Gasteiger partial charge is 0.457 e. The van der Waals surface area contributed by atoms with E-state index in [0.717, 1.165) is 18.4 Å². The molecule has 8 heteroatoms. The fourth-order valence-electron chi connectivity index (χ4n) is 5.17. The van der Waals surface area contributed by atoms with E-state index in [1.807, 2.05) is 52.8 Å². The van der Waals surface area contributed by atoms with E-state index in [0.29, 0.717) is 12.8 Å². The van der Waals surface area contributed by atoms with Gasteiger partial charge in [-0.05, 0) is 57.1 Å². The third kappa shape index (κ3) is 10.2. The molecule has 0 aromatic rings. The number of hydrogen-bond donors (Lipinski definition) is 2. The quantitative estimate of drug-likeness (QED) is 0.174. The molecular formula is C31H50O8. The summed E-state index contributed by atoms with van der Waals surface area (Å²) < 4.78 is 23.0. The Morgan fingerprint density at radius 2 is 1.97 bits per heavy atom. The lowest BCUT2D eigenvalue weighted by Crippen LogP contribution is -2.44. The van der Waals surface area contributed by atoms with Crippen LogP contribution in [0.2, 0.25) is 0 Å². The maximum Gasteiger partial charge on any atom is 0.309 e. The second-order valence-electron chi connectivity index (χ2n) is 11.6. The number of ether oxygens (including phenoxy) is 4. The van der Waals surface area contributed by atoms with Gasteiger partial charge in [0.2, 0.25) is 0 Å². The van der Waals surface area contributed by atoms with Crippen LogP contribution in [0, 0.1) is 17.8 Å². The summed E-state index contributed by atoms with van der Waals surface area (Å²) in [5.41, 5.74) is -0.00338. The molecule has 2 N–H and O–H groups in total. The van der Waals surface area contributed by atoms with E-state index in [-0.39, 0.29) is 42.5 Å². The number of methoxy groups -OCH3 is 1. The zero-order valence-corrected chi connectivity index (χ0v) is 25.0. The molecule has 0 spiro atoms. The second-order valence-corrected chi connectivity index (χ2v) is 11.6. The molecule has 8 nitrogen and oxygen atoms in total. The topological polar surface area (TPSA) is 115 Å². The Kier molecular flexibility index (Phi) is 12.9. The smallest absolute Gasteiger partial charge is 0.309 e. The van der Waals surface area contributed by atoms with Gasteiger partial charge >= 0.3 is 11.9 Å². The zero-order chi connectivity index (χ0) is 29.3. The standard InChI is InChI=1S/C31H50O8/c1-9-25(34)22(5)30-26(38-30)17-19(2)11-10-12-20(3)29-21(4)13-14-27(37-23(6)32)31(7,36-8)16-15-24(33)18-28(35)39-29/h10-14,19,21-22,24-27,29-30,33-34H,9,15-18H2,1-8H3/b11-10+,14-13+,20-12+. The molecule has 0 saturated carbocycles. The Labute approximate surface area is 234 Å². The third-order valence-corrected chi connectivity index (χ3v) is 8.08. The Bertz CT molecular complexity index is 895. The molecule has 10 atom stereocenters. The van der Waals surface area contributed by atoms with Gasteiger partial charge < -0.3 is 29.2 Å². The molecule has 2 rings (SSSR count). The highest BCUT2D eigenvalue weighted by molar-refractivity contribution is 5.70. The normalized spacial score (nSPS) is 35.7. The molecule has 1 saturated heterocycles. The molecule has 0 aromatic carbocycles. The lowest BCUT2D eigenvalue weighted by Gasteiger charge is -2.35. The monoisotopic (exact) mass is 550 g/mol. The number of aliphatic hydroxyl groups is 2. The maximum absolute atomic E-state index is 12.7. The Hall–Kier alpha value is -2.00. The van der Waals surface area contributed by atoms with Crippen LogP contribution in [0.15, 0.2) is 36.0 Å². The van der Waals surface area contributed by atoms with Crippen LogP contribution in [0.3, 0.4) is 0 Å². The summed E-state index contributed by atoms with van der Waals surface area (Å²) in [6.45, 7) is 13.2. The van der Waals surface area contributed by atoms with Crippen LogP contribution in [0.25, 0.3) is 0 Å². The zero-order valence-electron chi connectivity index (χ0n) is 25.0. The van der Waals surface area contributed by atoms with Crippen molar-refractivity contribution >= 4 is 11.9 Å². The maximum atomic E-state index is 12.7. The van der Waals surface area contributed by atoms with Crippen molar-refractivity contribution in [1.82, 2.24) is 0 Å². The second kappa shape index (κ2) is 15.1. The van der Waals surface area contributed by atoms with Gasteiger partial charge in [0.15, 0.2) is 0 Å². The van der Waals surface area contributed by atoms with Crippen LogP contribution in [0.5, 0.6) is 0 Å². The fourth-order valence-corrected chi connectivity index (χ4v) is 5.17. The SMILES string of the molecule is CCC(O)C(C)C1OC1CC(C)/C=C/C=C(\C)C1OC(=O)CC(O)CCC(C)(OC)C(OC(C)=O)/C=C/C1C. The van der Waals surface area contributed by atoms with Crippen molar-refractivity contribution in [3.8, 4) is 0 Å². The van der Waals surface area contributed by atoms with Crippen molar-refractivity contribution in [3.05, 3.63) is 36.0 Å². The highest BCUT2D eigenvalue weighted by Gasteiger charge is 2.45. The van der Waals surface area contributed by atoms with Crippen molar-refractivity contribution < 1.29 is 38.7 Å². The van der Waals surface area contributed by atoms with Crippen LogP contribution in [-0.2, 0) is 28.5 Å². The number of allylic oxidation sites excluding steroid dienone is 3. The number of cyclic esters (lactones) is 1. The highest BCUT2D eigenvalue weighted by atomic mass is 16.6. The van der Waals surface area contributed by atoms with Crippen molar-refractivity contribution in [2.45, 2.75) is 123 Å². The number of carbonyl (C=O) groups is 2. The molecule has 2 aliphatic heterocycles. The first-order valence-corrected chi connectivity index (χ1v) is 14.3. The van der Waals surface area contributed by atoms with Crippen LogP contribution in [0.4, 0.5) is 0 Å². The minimum Gasteiger partial charge on any atom is -0.457 e. The van der Waals surface area contributed by atoms with Crippen LogP contribution in [-0.4, -0.2) is 71.5 Å². The van der Waals surface area contributed by atoms with E-state index in [9.17, 15) is 19.8 Å². The first kappa shape index (κ1) is 33.2. The first-order valence-electron chi connectivity index (χ1n) is 14.3. The van der Waals surface area contributed by atoms with Gasteiger partial charge in [-0.2, -0.15) is 0 Å². The van der Waals surface area contributed by atoms with Gasteiger partial charge in [0.1, 0.15) is 17.8 Å². The number of carbonyl (C=O) groups excluding carboxylic acids is 2. The first-order chi connectivity index (χ1) is 18.3. The van der Waals surface area contributed by atoms with Gasteiger partial charge in [-0.3, -0.25) is 9.59 Å². The number of hydrogen-bond acceptors (Lipinski definition) is 8. The molecule has 1 fully saturated rings. The number of aliphatic hydroxyl groups excluding tert-OH is 2. The average molecular weight is 551 g/mol. The summed E-state index contributed by atoms with van der Waals surface area (Å²) in [6.07, 6.45) is 9.68. The number of epoxide rings is 1. The minimum atomic E-state index is -0.899. The lowest BCUT2D eigenvalue weighted by atomic mass is 9.88. The van der Waals surface area contributed by atoms with Gasteiger partial charge in [0, 0.05) is 25.9 Å². The lowest BCUT2D eigenvalue weighted by molar-refractivity contribution is -0.160. The molecule has 222 valence electrons. The van der Waals surface area contributed by atoms with Crippen LogP contribution in [0.1, 0.15) is 80.6 Å². The van der Waals surface area contributed by atoms with E-state index < -0.39 is 35.9 Å². The van der Waals surface area contributed by atoms with Crippen molar-refractivity contribution in [2.75, 3.05) is 7.11 Å². The molecule has 0 aromatic heterocycles. The minimum absolute atomic E-state index is 0.113. The average Bonchev–Trinajstić information content (AvgIpc) is 3.64. The van der Waals surface area contributed by atoms with Gasteiger partial charge in [0.05, 0.1) is 30.8 Å². The molecule has 0 radical (unpaired) electrons. The van der Waals surface area contributed by atoms with Gasteiger partial charge in [-0.25, -0.2) is 0 Å². The predicted molar refractivity (Wildman–Crippen MR) is 150 cm³/mol.